The molecule has 0 unspecified atom stereocenters. The quantitative estimate of drug-likeness (QED) is 0.896. The first-order valence-corrected chi connectivity index (χ1v) is 6.77. The minimum atomic E-state index is -0.673. The number of aliphatic hydroxyl groups is 1. The minimum Gasteiger partial charge on any atom is -0.389 e. The fourth-order valence-corrected chi connectivity index (χ4v) is 2.36. The largest absolute Gasteiger partial charge is 0.389 e. The predicted octanol–water partition coefficient (Wildman–Crippen LogP) is 2.83. The highest BCUT2D eigenvalue weighted by Gasteiger charge is 2.18. The lowest BCUT2D eigenvalue weighted by Crippen LogP contribution is -2.38. The third kappa shape index (κ3) is 3.75. The van der Waals surface area contributed by atoms with Crippen LogP contribution >= 0.6 is 0 Å². The second-order valence-corrected chi connectivity index (χ2v) is 5.61. The van der Waals surface area contributed by atoms with E-state index < -0.39 is 5.60 Å². The van der Waals surface area contributed by atoms with Crippen LogP contribution in [0, 0.1) is 0 Å². The summed E-state index contributed by atoms with van der Waals surface area (Å²) in [5.41, 5.74) is 1.59. The molecule has 0 amide bonds. The number of hydrogen-bond donors (Lipinski definition) is 1. The molecule has 1 aromatic carbocycles. The van der Waals surface area contributed by atoms with Crippen molar-refractivity contribution in [3.8, 4) is 0 Å². The van der Waals surface area contributed by atoms with Gasteiger partial charge in [0.25, 0.3) is 0 Å². The van der Waals surface area contributed by atoms with E-state index in [4.69, 9.17) is 0 Å². The standard InChI is InChI=1S/C16H22N2O/c1-4-18(12-16(2,3)19)11-14-8-5-7-13-9-6-10-17-15(13)14/h5-10,19H,4,11-12H2,1-3H3. The zero-order chi connectivity index (χ0) is 13.9. The predicted molar refractivity (Wildman–Crippen MR) is 79.0 cm³/mol. The molecular weight excluding hydrogens is 236 g/mol. The van der Waals surface area contributed by atoms with Gasteiger partial charge in [-0.1, -0.05) is 31.2 Å². The molecular formula is C16H22N2O. The van der Waals surface area contributed by atoms with Crippen molar-refractivity contribution in [2.24, 2.45) is 0 Å². The lowest BCUT2D eigenvalue weighted by molar-refractivity contribution is 0.0354. The van der Waals surface area contributed by atoms with Crippen LogP contribution in [0.3, 0.4) is 0 Å². The van der Waals surface area contributed by atoms with Gasteiger partial charge in [-0.25, -0.2) is 0 Å². The maximum atomic E-state index is 9.95. The van der Waals surface area contributed by atoms with E-state index in [9.17, 15) is 5.11 Å². The molecule has 0 fully saturated rings. The Bertz CT molecular complexity index is 540. The van der Waals surface area contributed by atoms with Gasteiger partial charge in [0.2, 0.25) is 0 Å². The highest BCUT2D eigenvalue weighted by atomic mass is 16.3. The van der Waals surface area contributed by atoms with Crippen molar-refractivity contribution in [2.75, 3.05) is 13.1 Å². The molecule has 3 nitrogen and oxygen atoms in total. The van der Waals surface area contributed by atoms with E-state index in [1.807, 2.05) is 26.1 Å². The van der Waals surface area contributed by atoms with Gasteiger partial charge < -0.3 is 5.11 Å². The van der Waals surface area contributed by atoms with Crippen LogP contribution in [-0.2, 0) is 6.54 Å². The zero-order valence-corrected chi connectivity index (χ0v) is 11.9. The third-order valence-corrected chi connectivity index (χ3v) is 3.17. The van der Waals surface area contributed by atoms with E-state index in [0.717, 1.165) is 18.6 Å². The molecule has 0 aliphatic heterocycles. The molecule has 0 saturated heterocycles. The van der Waals surface area contributed by atoms with Crippen LogP contribution in [0.4, 0.5) is 0 Å². The lowest BCUT2D eigenvalue weighted by Gasteiger charge is -2.28. The number of hydrogen-bond acceptors (Lipinski definition) is 3. The number of nitrogens with zero attached hydrogens (tertiary/aromatic N) is 2. The second-order valence-electron chi connectivity index (χ2n) is 5.61. The van der Waals surface area contributed by atoms with E-state index in [1.54, 1.807) is 0 Å². The van der Waals surface area contributed by atoms with E-state index in [-0.39, 0.29) is 0 Å². The summed E-state index contributed by atoms with van der Waals surface area (Å²) in [5, 5.41) is 11.1. The lowest BCUT2D eigenvalue weighted by atomic mass is 10.1. The van der Waals surface area contributed by atoms with Crippen LogP contribution in [-0.4, -0.2) is 33.7 Å². The van der Waals surface area contributed by atoms with Gasteiger partial charge in [-0.15, -0.1) is 0 Å². The van der Waals surface area contributed by atoms with Gasteiger partial charge in [0.15, 0.2) is 0 Å². The normalized spacial score (nSPS) is 12.3. The molecule has 2 rings (SSSR count). The summed E-state index contributed by atoms with van der Waals surface area (Å²) in [7, 11) is 0. The number of fused-ring (bicyclic) bond motifs is 1. The Balaban J connectivity index is 2.24. The fourth-order valence-electron chi connectivity index (χ4n) is 2.36. The van der Waals surface area contributed by atoms with E-state index in [1.165, 1.54) is 10.9 Å². The first-order valence-electron chi connectivity index (χ1n) is 6.77. The molecule has 0 aliphatic carbocycles. The summed E-state index contributed by atoms with van der Waals surface area (Å²) in [6.45, 7) is 8.19. The molecule has 0 atom stereocenters. The Morgan fingerprint density at radius 2 is 1.95 bits per heavy atom. The van der Waals surface area contributed by atoms with Crippen LogP contribution in [0.25, 0.3) is 10.9 Å². The van der Waals surface area contributed by atoms with Crippen molar-refractivity contribution in [3.63, 3.8) is 0 Å². The third-order valence-electron chi connectivity index (χ3n) is 3.17. The Hall–Kier alpha value is -1.45. The molecule has 1 aromatic heterocycles. The zero-order valence-electron chi connectivity index (χ0n) is 11.9. The first kappa shape index (κ1) is 14.0. The maximum absolute atomic E-state index is 9.95. The van der Waals surface area contributed by atoms with Crippen molar-refractivity contribution in [3.05, 3.63) is 42.1 Å². The SMILES string of the molecule is CCN(Cc1cccc2cccnc12)CC(C)(C)O. The molecule has 19 heavy (non-hydrogen) atoms. The van der Waals surface area contributed by atoms with Crippen LogP contribution in [0.1, 0.15) is 26.3 Å². The molecule has 1 N–H and O–H groups in total. The summed E-state index contributed by atoms with van der Waals surface area (Å²) in [4.78, 5) is 6.72. The van der Waals surface area contributed by atoms with Gasteiger partial charge in [-0.3, -0.25) is 9.88 Å². The Morgan fingerprint density at radius 1 is 1.21 bits per heavy atom. The first-order chi connectivity index (χ1) is 8.99. The van der Waals surface area contributed by atoms with Gasteiger partial charge >= 0.3 is 0 Å². The average molecular weight is 258 g/mol. The summed E-state index contributed by atoms with van der Waals surface area (Å²) in [6.07, 6.45) is 1.83. The number of pyridine rings is 1. The van der Waals surface area contributed by atoms with Crippen LogP contribution in [0.2, 0.25) is 0 Å². The molecule has 0 spiro atoms. The highest BCUT2D eigenvalue weighted by molar-refractivity contribution is 5.81. The monoisotopic (exact) mass is 258 g/mol. The Kier molecular flexibility index (Phi) is 4.17. The van der Waals surface area contributed by atoms with Gasteiger partial charge in [0.1, 0.15) is 0 Å². The molecule has 2 aromatic rings. The topological polar surface area (TPSA) is 36.4 Å². The molecule has 3 heteroatoms. The summed E-state index contributed by atoms with van der Waals surface area (Å²) in [6, 6.07) is 10.3. The van der Waals surface area contributed by atoms with Crippen molar-refractivity contribution in [2.45, 2.75) is 32.9 Å². The number of likely N-dealkylation sites (N-methyl/N-ethyl adjacent to an activating group) is 1. The number of benzene rings is 1. The van der Waals surface area contributed by atoms with Gasteiger partial charge in [0.05, 0.1) is 11.1 Å². The van der Waals surface area contributed by atoms with Crippen LogP contribution < -0.4 is 0 Å². The molecule has 0 bridgehead atoms. The fraction of sp³-hybridized carbons (Fsp3) is 0.438. The molecule has 0 saturated carbocycles. The van der Waals surface area contributed by atoms with Crippen molar-refractivity contribution < 1.29 is 5.11 Å². The second kappa shape index (κ2) is 5.68. The van der Waals surface area contributed by atoms with Gasteiger partial charge in [-0.05, 0) is 32.0 Å². The number of aromatic nitrogens is 1. The van der Waals surface area contributed by atoms with Crippen molar-refractivity contribution in [1.82, 2.24) is 9.88 Å². The minimum absolute atomic E-state index is 0.659. The Morgan fingerprint density at radius 3 is 2.63 bits per heavy atom. The molecule has 0 radical (unpaired) electrons. The van der Waals surface area contributed by atoms with Crippen molar-refractivity contribution >= 4 is 10.9 Å². The number of rotatable bonds is 5. The molecule has 0 aliphatic rings. The van der Waals surface area contributed by atoms with Gasteiger partial charge in [0, 0.05) is 24.7 Å². The average Bonchev–Trinajstić information content (AvgIpc) is 2.37. The summed E-state index contributed by atoms with van der Waals surface area (Å²) < 4.78 is 0. The summed E-state index contributed by atoms with van der Waals surface area (Å²) in [5.74, 6) is 0. The maximum Gasteiger partial charge on any atom is 0.0746 e. The van der Waals surface area contributed by atoms with E-state index in [2.05, 4.69) is 41.1 Å². The van der Waals surface area contributed by atoms with E-state index >= 15 is 0 Å². The molecule has 102 valence electrons. The number of para-hydroxylation sites is 1. The smallest absolute Gasteiger partial charge is 0.0746 e. The van der Waals surface area contributed by atoms with Gasteiger partial charge in [-0.2, -0.15) is 0 Å². The van der Waals surface area contributed by atoms with Crippen LogP contribution in [0.5, 0.6) is 0 Å². The van der Waals surface area contributed by atoms with Crippen molar-refractivity contribution in [1.29, 1.82) is 0 Å². The van der Waals surface area contributed by atoms with Crippen LogP contribution in [0.15, 0.2) is 36.5 Å². The summed E-state index contributed by atoms with van der Waals surface area (Å²) >= 11 is 0. The highest BCUT2D eigenvalue weighted by Crippen LogP contribution is 2.18. The van der Waals surface area contributed by atoms with E-state index in [0.29, 0.717) is 6.54 Å². The Labute approximate surface area is 114 Å². The molecule has 1 heterocycles.